The number of hydrogen-bond donors (Lipinski definition) is 2. The number of aryl methyl sites for hydroxylation is 2. The molecule has 3 rings (SSSR count). The first-order valence-corrected chi connectivity index (χ1v) is 8.66. The van der Waals surface area contributed by atoms with Crippen LogP contribution in [0.2, 0.25) is 0 Å². The predicted octanol–water partition coefficient (Wildman–Crippen LogP) is 3.16. The predicted molar refractivity (Wildman–Crippen MR) is 101 cm³/mol. The van der Waals surface area contributed by atoms with Crippen LogP contribution in [0, 0.1) is 19.7 Å². The van der Waals surface area contributed by atoms with Crippen LogP contribution in [0.15, 0.2) is 48.5 Å². The average Bonchev–Trinajstić information content (AvgIpc) is 2.66. The maximum absolute atomic E-state index is 12.9. The van der Waals surface area contributed by atoms with Crippen LogP contribution in [0.25, 0.3) is 10.9 Å². The van der Waals surface area contributed by atoms with Gasteiger partial charge in [0.2, 0.25) is 0 Å². The Morgan fingerprint density at radius 3 is 2.63 bits per heavy atom. The van der Waals surface area contributed by atoms with Gasteiger partial charge >= 0.3 is 0 Å². The Hall–Kier alpha value is -2.99. The SMILES string of the molecule is Cc1nc2ccccc2c(C)c1C(=O)NC[C@@H](O)COc1ccc(F)cc1. The van der Waals surface area contributed by atoms with Crippen molar-refractivity contribution >= 4 is 16.8 Å². The number of nitrogens with zero attached hydrogens (tertiary/aromatic N) is 1. The molecule has 140 valence electrons. The van der Waals surface area contributed by atoms with Crippen molar-refractivity contribution in [1.82, 2.24) is 10.3 Å². The van der Waals surface area contributed by atoms with Gasteiger partial charge in [-0.2, -0.15) is 0 Å². The van der Waals surface area contributed by atoms with Crippen LogP contribution in [-0.4, -0.2) is 35.3 Å². The zero-order chi connectivity index (χ0) is 19.4. The number of aliphatic hydroxyl groups is 1. The third kappa shape index (κ3) is 4.41. The molecule has 3 aromatic rings. The van der Waals surface area contributed by atoms with E-state index in [-0.39, 0.29) is 24.9 Å². The minimum atomic E-state index is -0.895. The Balaban J connectivity index is 1.62. The van der Waals surface area contributed by atoms with E-state index in [9.17, 15) is 14.3 Å². The smallest absolute Gasteiger partial charge is 0.253 e. The quantitative estimate of drug-likeness (QED) is 0.701. The lowest BCUT2D eigenvalue weighted by atomic mass is 10.0. The number of carbonyl (C=O) groups is 1. The molecule has 1 aromatic heterocycles. The molecule has 0 saturated carbocycles. The van der Waals surface area contributed by atoms with Gasteiger partial charge in [0, 0.05) is 11.9 Å². The summed E-state index contributed by atoms with van der Waals surface area (Å²) in [4.78, 5) is 17.1. The van der Waals surface area contributed by atoms with Gasteiger partial charge in [0.05, 0.1) is 16.8 Å². The number of pyridine rings is 1. The maximum atomic E-state index is 12.9. The Morgan fingerprint density at radius 1 is 1.19 bits per heavy atom. The largest absolute Gasteiger partial charge is 0.491 e. The Bertz CT molecular complexity index is 958. The van der Waals surface area contributed by atoms with E-state index in [0.717, 1.165) is 16.5 Å². The van der Waals surface area contributed by atoms with Crippen molar-refractivity contribution < 1.29 is 19.0 Å². The number of halogens is 1. The molecule has 6 heteroatoms. The normalized spacial score (nSPS) is 12.0. The van der Waals surface area contributed by atoms with E-state index >= 15 is 0 Å². The zero-order valence-corrected chi connectivity index (χ0v) is 15.2. The van der Waals surface area contributed by atoms with Crippen LogP contribution in [0.1, 0.15) is 21.6 Å². The molecule has 0 bridgehead atoms. The molecule has 0 aliphatic heterocycles. The summed E-state index contributed by atoms with van der Waals surface area (Å²) in [6.45, 7) is 3.70. The molecule has 27 heavy (non-hydrogen) atoms. The van der Waals surface area contributed by atoms with Gasteiger partial charge in [-0.3, -0.25) is 9.78 Å². The van der Waals surface area contributed by atoms with E-state index in [1.165, 1.54) is 24.3 Å². The highest BCUT2D eigenvalue weighted by atomic mass is 19.1. The summed E-state index contributed by atoms with van der Waals surface area (Å²) < 4.78 is 18.2. The van der Waals surface area contributed by atoms with E-state index < -0.39 is 6.10 Å². The second-order valence-corrected chi connectivity index (χ2v) is 6.34. The van der Waals surface area contributed by atoms with Crippen molar-refractivity contribution in [3.05, 3.63) is 71.2 Å². The van der Waals surface area contributed by atoms with Crippen molar-refractivity contribution in [2.75, 3.05) is 13.2 Å². The summed E-state index contributed by atoms with van der Waals surface area (Å²) >= 11 is 0. The molecule has 2 aromatic carbocycles. The van der Waals surface area contributed by atoms with Crippen LogP contribution in [0.4, 0.5) is 4.39 Å². The zero-order valence-electron chi connectivity index (χ0n) is 15.2. The third-order valence-corrected chi connectivity index (χ3v) is 4.31. The maximum Gasteiger partial charge on any atom is 0.253 e. The molecule has 0 aliphatic rings. The fourth-order valence-corrected chi connectivity index (χ4v) is 2.95. The van der Waals surface area contributed by atoms with Gasteiger partial charge < -0.3 is 15.2 Å². The number of aromatic nitrogens is 1. The first-order valence-electron chi connectivity index (χ1n) is 8.66. The molecule has 0 radical (unpaired) electrons. The van der Waals surface area contributed by atoms with E-state index in [1.807, 2.05) is 31.2 Å². The van der Waals surface area contributed by atoms with Gasteiger partial charge in [0.1, 0.15) is 24.3 Å². The van der Waals surface area contributed by atoms with Crippen molar-refractivity contribution in [1.29, 1.82) is 0 Å². The van der Waals surface area contributed by atoms with Gasteiger partial charge in [-0.15, -0.1) is 0 Å². The number of aliphatic hydroxyl groups excluding tert-OH is 1. The lowest BCUT2D eigenvalue weighted by Gasteiger charge is -2.15. The van der Waals surface area contributed by atoms with Crippen LogP contribution in [-0.2, 0) is 0 Å². The minimum Gasteiger partial charge on any atom is -0.491 e. The fourth-order valence-electron chi connectivity index (χ4n) is 2.95. The van der Waals surface area contributed by atoms with Gasteiger partial charge in [-0.1, -0.05) is 18.2 Å². The van der Waals surface area contributed by atoms with Crippen LogP contribution < -0.4 is 10.1 Å². The molecule has 5 nitrogen and oxygen atoms in total. The Kier molecular flexibility index (Phi) is 5.66. The average molecular weight is 368 g/mol. The molecule has 0 spiro atoms. The number of ether oxygens (including phenoxy) is 1. The Labute approximate surface area is 156 Å². The summed E-state index contributed by atoms with van der Waals surface area (Å²) in [5.41, 5.74) is 2.85. The molecular formula is C21H21FN2O3. The lowest BCUT2D eigenvalue weighted by Crippen LogP contribution is -2.36. The summed E-state index contributed by atoms with van der Waals surface area (Å²) in [5.74, 6) is -0.193. The molecule has 0 saturated heterocycles. The van der Waals surface area contributed by atoms with Gasteiger partial charge in [0.15, 0.2) is 0 Å². The topological polar surface area (TPSA) is 71.5 Å². The summed E-state index contributed by atoms with van der Waals surface area (Å²) in [6.07, 6.45) is -0.895. The van der Waals surface area contributed by atoms with E-state index in [2.05, 4.69) is 10.3 Å². The number of para-hydroxylation sites is 1. The van der Waals surface area contributed by atoms with Crippen molar-refractivity contribution in [3.63, 3.8) is 0 Å². The number of nitrogens with one attached hydrogen (secondary N) is 1. The van der Waals surface area contributed by atoms with Gasteiger partial charge in [-0.25, -0.2) is 4.39 Å². The number of benzene rings is 2. The van der Waals surface area contributed by atoms with Crippen LogP contribution in [0.3, 0.4) is 0 Å². The standard InChI is InChI=1S/C21H21FN2O3/c1-13-18-5-3-4-6-19(18)24-14(2)20(13)21(26)23-11-16(25)12-27-17-9-7-15(22)8-10-17/h3-10,16,25H,11-12H2,1-2H3,(H,23,26)/t16-/m1/s1. The second-order valence-electron chi connectivity index (χ2n) is 6.34. The summed E-state index contributed by atoms with van der Waals surface area (Å²) in [5, 5.41) is 13.7. The second kappa shape index (κ2) is 8.14. The number of amides is 1. The number of fused-ring (bicyclic) bond motifs is 1. The van der Waals surface area contributed by atoms with Crippen LogP contribution >= 0.6 is 0 Å². The molecule has 0 unspecified atom stereocenters. The molecule has 1 atom stereocenters. The highest BCUT2D eigenvalue weighted by Gasteiger charge is 2.17. The molecule has 1 amide bonds. The highest BCUT2D eigenvalue weighted by Crippen LogP contribution is 2.22. The third-order valence-electron chi connectivity index (χ3n) is 4.31. The molecular weight excluding hydrogens is 347 g/mol. The molecule has 0 aliphatic carbocycles. The molecule has 0 fully saturated rings. The van der Waals surface area contributed by atoms with Crippen molar-refractivity contribution in [2.45, 2.75) is 20.0 Å². The lowest BCUT2D eigenvalue weighted by molar-refractivity contribution is 0.0842. The first-order chi connectivity index (χ1) is 13.0. The molecule has 1 heterocycles. The highest BCUT2D eigenvalue weighted by molar-refractivity contribution is 6.01. The number of hydrogen-bond acceptors (Lipinski definition) is 4. The minimum absolute atomic E-state index is 0.0140. The first kappa shape index (κ1) is 18.8. The Morgan fingerprint density at radius 2 is 1.89 bits per heavy atom. The van der Waals surface area contributed by atoms with Crippen molar-refractivity contribution in [3.8, 4) is 5.75 Å². The van der Waals surface area contributed by atoms with E-state index in [0.29, 0.717) is 17.0 Å². The monoisotopic (exact) mass is 368 g/mol. The van der Waals surface area contributed by atoms with Crippen LogP contribution in [0.5, 0.6) is 5.75 Å². The van der Waals surface area contributed by atoms with E-state index in [1.54, 1.807) is 6.92 Å². The number of carbonyl (C=O) groups excluding carboxylic acids is 1. The fraction of sp³-hybridized carbons (Fsp3) is 0.238. The molecule has 2 N–H and O–H groups in total. The summed E-state index contributed by atoms with van der Waals surface area (Å²) in [7, 11) is 0. The summed E-state index contributed by atoms with van der Waals surface area (Å²) in [6, 6.07) is 13.2. The number of rotatable bonds is 6. The van der Waals surface area contributed by atoms with Crippen molar-refractivity contribution in [2.24, 2.45) is 0 Å². The van der Waals surface area contributed by atoms with E-state index in [4.69, 9.17) is 4.74 Å². The van der Waals surface area contributed by atoms with Gasteiger partial charge in [-0.05, 0) is 49.7 Å². The van der Waals surface area contributed by atoms with Gasteiger partial charge in [0.25, 0.3) is 5.91 Å².